The highest BCUT2D eigenvalue weighted by molar-refractivity contribution is 5.32. The van der Waals surface area contributed by atoms with E-state index < -0.39 is 0 Å². The Labute approximate surface area is 84.1 Å². The van der Waals surface area contributed by atoms with E-state index in [1.807, 2.05) is 12.1 Å². The van der Waals surface area contributed by atoms with Gasteiger partial charge in [0, 0.05) is 0 Å². The maximum Gasteiger partial charge on any atom is 0.126 e. The maximum atomic E-state index is 13.5. The maximum absolute atomic E-state index is 13.5. The first kappa shape index (κ1) is 9.66. The summed E-state index contributed by atoms with van der Waals surface area (Å²) in [6.45, 7) is 4.95. The lowest BCUT2D eigenvalue weighted by molar-refractivity contribution is 0.551. The molecule has 2 atom stereocenters. The van der Waals surface area contributed by atoms with Gasteiger partial charge in [-0.2, -0.15) is 0 Å². The molecule has 1 aliphatic rings. The molecule has 1 nitrogen and oxygen atoms in total. The van der Waals surface area contributed by atoms with Gasteiger partial charge in [0.2, 0.25) is 0 Å². The van der Waals surface area contributed by atoms with Gasteiger partial charge in [-0.1, -0.05) is 32.0 Å². The quantitative estimate of drug-likeness (QED) is 0.767. The van der Waals surface area contributed by atoms with Gasteiger partial charge < -0.3 is 5.73 Å². The molecule has 1 aromatic rings. The number of hydrogen-bond acceptors (Lipinski definition) is 1. The number of halogens is 1. The fourth-order valence-corrected chi connectivity index (χ4v) is 2.53. The van der Waals surface area contributed by atoms with Crippen LogP contribution in [-0.4, -0.2) is 6.54 Å². The third kappa shape index (κ3) is 1.25. The SMILES string of the molecule is CC1(C)[C@@H](CN)[C@@H]1c1ccccc1F. The largest absolute Gasteiger partial charge is 0.330 e. The van der Waals surface area contributed by atoms with E-state index in [2.05, 4.69) is 13.8 Å². The summed E-state index contributed by atoms with van der Waals surface area (Å²) in [5, 5.41) is 0. The standard InChI is InChI=1S/C12H16FN/c1-12(2)9(7-14)11(12)8-5-3-4-6-10(8)13/h3-6,9,11H,7,14H2,1-2H3/t9-,11-/m0/s1. The monoisotopic (exact) mass is 193 g/mol. The van der Waals surface area contributed by atoms with E-state index in [1.165, 1.54) is 6.07 Å². The molecule has 0 heterocycles. The molecule has 0 aromatic heterocycles. The smallest absolute Gasteiger partial charge is 0.126 e. The fraction of sp³-hybridized carbons (Fsp3) is 0.500. The van der Waals surface area contributed by atoms with Crippen LogP contribution in [0.2, 0.25) is 0 Å². The Morgan fingerprint density at radius 2 is 2.00 bits per heavy atom. The van der Waals surface area contributed by atoms with Crippen LogP contribution in [0.3, 0.4) is 0 Å². The van der Waals surface area contributed by atoms with Crippen LogP contribution in [0, 0.1) is 17.2 Å². The van der Waals surface area contributed by atoms with Gasteiger partial charge in [-0.25, -0.2) is 4.39 Å². The molecule has 76 valence electrons. The van der Waals surface area contributed by atoms with Crippen LogP contribution >= 0.6 is 0 Å². The second-order valence-corrected chi connectivity index (χ2v) is 4.66. The van der Waals surface area contributed by atoms with Crippen LogP contribution in [0.25, 0.3) is 0 Å². The van der Waals surface area contributed by atoms with Gasteiger partial charge in [0.05, 0.1) is 0 Å². The summed E-state index contributed by atoms with van der Waals surface area (Å²) in [5.41, 5.74) is 6.66. The average molecular weight is 193 g/mol. The molecular weight excluding hydrogens is 177 g/mol. The molecule has 1 aliphatic carbocycles. The van der Waals surface area contributed by atoms with E-state index in [9.17, 15) is 4.39 Å². The van der Waals surface area contributed by atoms with Crippen LogP contribution in [0.5, 0.6) is 0 Å². The minimum absolute atomic E-state index is 0.0958. The zero-order valence-corrected chi connectivity index (χ0v) is 8.63. The fourth-order valence-electron chi connectivity index (χ4n) is 2.53. The van der Waals surface area contributed by atoms with Gasteiger partial charge in [-0.05, 0) is 35.4 Å². The second-order valence-electron chi connectivity index (χ2n) is 4.66. The zero-order chi connectivity index (χ0) is 10.3. The molecule has 1 fully saturated rings. The lowest BCUT2D eigenvalue weighted by Crippen LogP contribution is -2.05. The predicted molar refractivity (Wildman–Crippen MR) is 55.5 cm³/mol. The van der Waals surface area contributed by atoms with Crippen molar-refractivity contribution in [2.45, 2.75) is 19.8 Å². The van der Waals surface area contributed by atoms with Crippen LogP contribution in [0.1, 0.15) is 25.3 Å². The molecular formula is C12H16FN. The Hall–Kier alpha value is -0.890. The van der Waals surface area contributed by atoms with Crippen molar-refractivity contribution in [1.29, 1.82) is 0 Å². The van der Waals surface area contributed by atoms with E-state index in [1.54, 1.807) is 6.07 Å². The van der Waals surface area contributed by atoms with E-state index >= 15 is 0 Å². The Balaban J connectivity index is 2.31. The van der Waals surface area contributed by atoms with Crippen molar-refractivity contribution in [3.8, 4) is 0 Å². The van der Waals surface area contributed by atoms with E-state index in [0.29, 0.717) is 18.4 Å². The molecule has 2 N–H and O–H groups in total. The van der Waals surface area contributed by atoms with Crippen molar-refractivity contribution < 1.29 is 4.39 Å². The lowest BCUT2D eigenvalue weighted by atomic mass is 10.0. The van der Waals surface area contributed by atoms with Crippen LogP contribution in [-0.2, 0) is 0 Å². The highest BCUT2D eigenvalue weighted by atomic mass is 19.1. The first-order valence-electron chi connectivity index (χ1n) is 5.03. The van der Waals surface area contributed by atoms with E-state index in [-0.39, 0.29) is 11.2 Å². The summed E-state index contributed by atoms with van der Waals surface area (Å²) < 4.78 is 13.5. The summed E-state index contributed by atoms with van der Waals surface area (Å²) in [6.07, 6.45) is 0. The summed E-state index contributed by atoms with van der Waals surface area (Å²) in [7, 11) is 0. The molecule has 0 radical (unpaired) electrons. The Kier molecular flexibility index (Phi) is 2.11. The van der Waals surface area contributed by atoms with Gasteiger partial charge in [0.15, 0.2) is 0 Å². The van der Waals surface area contributed by atoms with Crippen LogP contribution < -0.4 is 5.73 Å². The Morgan fingerprint density at radius 3 is 2.50 bits per heavy atom. The summed E-state index contributed by atoms with van der Waals surface area (Å²) in [4.78, 5) is 0. The zero-order valence-electron chi connectivity index (χ0n) is 8.63. The summed E-state index contributed by atoms with van der Waals surface area (Å²) >= 11 is 0. The highest BCUT2D eigenvalue weighted by Gasteiger charge is 2.57. The highest BCUT2D eigenvalue weighted by Crippen LogP contribution is 2.64. The Morgan fingerprint density at radius 1 is 1.36 bits per heavy atom. The van der Waals surface area contributed by atoms with Crippen molar-refractivity contribution in [3.05, 3.63) is 35.6 Å². The Bertz CT molecular complexity index is 346. The van der Waals surface area contributed by atoms with Crippen LogP contribution in [0.4, 0.5) is 4.39 Å². The molecule has 1 aromatic carbocycles. The minimum atomic E-state index is -0.0958. The van der Waals surface area contributed by atoms with E-state index in [0.717, 1.165) is 5.56 Å². The predicted octanol–water partition coefficient (Wildman–Crippen LogP) is 2.52. The van der Waals surface area contributed by atoms with Crippen LogP contribution in [0.15, 0.2) is 24.3 Å². The molecule has 2 rings (SSSR count). The lowest BCUT2D eigenvalue weighted by Gasteiger charge is -2.03. The number of nitrogens with two attached hydrogens (primary N) is 1. The minimum Gasteiger partial charge on any atom is -0.330 e. The number of benzene rings is 1. The van der Waals surface area contributed by atoms with Crippen molar-refractivity contribution in [2.75, 3.05) is 6.54 Å². The first-order chi connectivity index (χ1) is 6.59. The van der Waals surface area contributed by atoms with Crippen molar-refractivity contribution in [1.82, 2.24) is 0 Å². The topological polar surface area (TPSA) is 26.0 Å². The molecule has 0 aliphatic heterocycles. The molecule has 0 saturated heterocycles. The van der Waals surface area contributed by atoms with Crippen molar-refractivity contribution in [3.63, 3.8) is 0 Å². The first-order valence-corrected chi connectivity index (χ1v) is 5.03. The number of rotatable bonds is 2. The van der Waals surface area contributed by atoms with Gasteiger partial charge >= 0.3 is 0 Å². The third-order valence-electron chi connectivity index (χ3n) is 3.54. The van der Waals surface area contributed by atoms with Gasteiger partial charge in [-0.3, -0.25) is 0 Å². The van der Waals surface area contributed by atoms with Gasteiger partial charge in [0.1, 0.15) is 5.82 Å². The van der Waals surface area contributed by atoms with Crippen molar-refractivity contribution >= 4 is 0 Å². The normalized spacial score (nSPS) is 28.9. The summed E-state index contributed by atoms with van der Waals surface area (Å²) in [5.74, 6) is 0.634. The summed E-state index contributed by atoms with van der Waals surface area (Å²) in [6, 6.07) is 7.01. The second kappa shape index (κ2) is 3.06. The molecule has 2 heteroatoms. The molecule has 0 unspecified atom stereocenters. The molecule has 0 spiro atoms. The third-order valence-corrected chi connectivity index (χ3v) is 3.54. The molecule has 0 amide bonds. The van der Waals surface area contributed by atoms with Gasteiger partial charge in [0.25, 0.3) is 0 Å². The molecule has 14 heavy (non-hydrogen) atoms. The molecule has 0 bridgehead atoms. The molecule has 1 saturated carbocycles. The number of hydrogen-bond donors (Lipinski definition) is 1. The van der Waals surface area contributed by atoms with Crippen molar-refractivity contribution in [2.24, 2.45) is 17.1 Å². The average Bonchev–Trinajstić information content (AvgIpc) is 2.69. The van der Waals surface area contributed by atoms with Gasteiger partial charge in [-0.15, -0.1) is 0 Å². The van der Waals surface area contributed by atoms with E-state index in [4.69, 9.17) is 5.73 Å².